The van der Waals surface area contributed by atoms with E-state index in [1.54, 1.807) is 0 Å². The van der Waals surface area contributed by atoms with Crippen LogP contribution in [0.5, 0.6) is 0 Å². The van der Waals surface area contributed by atoms with E-state index in [2.05, 4.69) is 72.2 Å². The normalized spacial score (nSPS) is 11.2. The molecule has 0 amide bonds. The number of hydrogen-bond acceptors (Lipinski definition) is 0. The summed E-state index contributed by atoms with van der Waals surface area (Å²) in [5.41, 5.74) is 6.39. The van der Waals surface area contributed by atoms with Gasteiger partial charge in [0.2, 0.25) is 0 Å². The first-order valence-corrected chi connectivity index (χ1v) is 10.7. The smallest absolute Gasteiger partial charge is 0.0622 e. The molecule has 0 aromatic heterocycles. The summed E-state index contributed by atoms with van der Waals surface area (Å²) in [5, 5.41) is 5.11. The van der Waals surface area contributed by atoms with Crippen LogP contribution in [0.4, 0.5) is 0 Å². The number of hydrogen-bond donors (Lipinski definition) is 0. The van der Waals surface area contributed by atoms with Gasteiger partial charge < -0.3 is 0 Å². The van der Waals surface area contributed by atoms with E-state index in [0.29, 0.717) is 0 Å². The summed E-state index contributed by atoms with van der Waals surface area (Å²) in [6.45, 7) is 0. The third-order valence-electron chi connectivity index (χ3n) is 5.89. The van der Waals surface area contributed by atoms with Crippen molar-refractivity contribution in [2.24, 2.45) is 0 Å². The Morgan fingerprint density at radius 1 is 0.438 bits per heavy atom. The van der Waals surface area contributed by atoms with Gasteiger partial charge in [0.05, 0.1) is 5.57 Å². The summed E-state index contributed by atoms with van der Waals surface area (Å²) in [6, 6.07) is 37.6. The van der Waals surface area contributed by atoms with Crippen molar-refractivity contribution in [1.82, 2.24) is 0 Å². The van der Waals surface area contributed by atoms with Crippen molar-refractivity contribution in [2.45, 2.75) is 0 Å². The monoisotopic (exact) mass is 402 g/mol. The quantitative estimate of drug-likeness (QED) is 0.186. The van der Waals surface area contributed by atoms with Crippen molar-refractivity contribution in [2.75, 3.05) is 0 Å². The van der Waals surface area contributed by atoms with Gasteiger partial charge in [-0.15, -0.1) is 0 Å². The van der Waals surface area contributed by atoms with Crippen LogP contribution in [-0.2, 0) is 0 Å². The van der Waals surface area contributed by atoms with Crippen LogP contribution in [0.1, 0.15) is 22.3 Å². The van der Waals surface area contributed by atoms with Crippen LogP contribution < -0.4 is 0 Å². The SMILES string of the molecule is C(#Cc1ccccc1)C(C#Cc1ccccc1)=C1c2cccc3ccc4cccc1c4c23. The average molecular weight is 402 g/mol. The van der Waals surface area contributed by atoms with Crippen molar-refractivity contribution < 1.29 is 0 Å². The van der Waals surface area contributed by atoms with Crippen molar-refractivity contribution in [3.05, 3.63) is 137 Å². The van der Waals surface area contributed by atoms with Gasteiger partial charge in [-0.1, -0.05) is 109 Å². The van der Waals surface area contributed by atoms with Gasteiger partial charge in [-0.05, 0) is 56.9 Å². The van der Waals surface area contributed by atoms with Crippen LogP contribution in [-0.4, -0.2) is 0 Å². The molecule has 32 heavy (non-hydrogen) atoms. The minimum atomic E-state index is 0.855. The molecule has 0 aliphatic heterocycles. The van der Waals surface area contributed by atoms with Gasteiger partial charge in [0.15, 0.2) is 0 Å². The van der Waals surface area contributed by atoms with Gasteiger partial charge >= 0.3 is 0 Å². The number of benzene rings is 5. The molecule has 0 heteroatoms. The van der Waals surface area contributed by atoms with Gasteiger partial charge in [-0.3, -0.25) is 0 Å². The summed E-state index contributed by atoms with van der Waals surface area (Å²) in [6.07, 6.45) is 0. The van der Waals surface area contributed by atoms with E-state index >= 15 is 0 Å². The maximum atomic E-state index is 3.42. The van der Waals surface area contributed by atoms with Gasteiger partial charge in [0.25, 0.3) is 0 Å². The Labute approximate surface area is 187 Å². The molecule has 0 fully saturated rings. The van der Waals surface area contributed by atoms with Crippen LogP contribution in [0.15, 0.2) is 115 Å². The molecule has 5 aromatic carbocycles. The highest BCUT2D eigenvalue weighted by atomic mass is 14.3. The molecule has 6 rings (SSSR count). The second-order valence-electron chi connectivity index (χ2n) is 7.85. The Hall–Kier alpha value is -4.52. The molecule has 1 aliphatic rings. The lowest BCUT2D eigenvalue weighted by molar-refractivity contribution is 1.63. The number of rotatable bonds is 0. The van der Waals surface area contributed by atoms with E-state index in [4.69, 9.17) is 0 Å². The van der Waals surface area contributed by atoms with E-state index in [1.165, 1.54) is 32.7 Å². The lowest BCUT2D eigenvalue weighted by atomic mass is 9.97. The van der Waals surface area contributed by atoms with Gasteiger partial charge in [-0.25, -0.2) is 0 Å². The fraction of sp³-hybridized carbons (Fsp3) is 0. The molecule has 0 spiro atoms. The molecular weight excluding hydrogens is 384 g/mol. The third-order valence-corrected chi connectivity index (χ3v) is 5.89. The van der Waals surface area contributed by atoms with Gasteiger partial charge in [-0.2, -0.15) is 0 Å². The zero-order chi connectivity index (χ0) is 21.3. The molecule has 0 heterocycles. The molecule has 0 bridgehead atoms. The summed E-state index contributed by atoms with van der Waals surface area (Å²) >= 11 is 0. The second kappa shape index (κ2) is 7.63. The summed E-state index contributed by atoms with van der Waals surface area (Å²) < 4.78 is 0. The highest BCUT2D eigenvalue weighted by molar-refractivity contribution is 6.24. The summed E-state index contributed by atoms with van der Waals surface area (Å²) in [4.78, 5) is 0. The topological polar surface area (TPSA) is 0 Å². The first-order chi connectivity index (χ1) is 15.9. The molecule has 0 saturated carbocycles. The van der Waals surface area contributed by atoms with E-state index in [9.17, 15) is 0 Å². The predicted octanol–water partition coefficient (Wildman–Crippen LogP) is 7.21. The lowest BCUT2D eigenvalue weighted by Crippen LogP contribution is -1.89. The van der Waals surface area contributed by atoms with E-state index < -0.39 is 0 Å². The van der Waals surface area contributed by atoms with E-state index in [0.717, 1.165) is 22.3 Å². The van der Waals surface area contributed by atoms with Crippen molar-refractivity contribution >= 4 is 27.1 Å². The zero-order valence-electron chi connectivity index (χ0n) is 17.4. The van der Waals surface area contributed by atoms with Gasteiger partial charge in [0.1, 0.15) is 0 Å². The molecule has 0 radical (unpaired) electrons. The van der Waals surface area contributed by atoms with Crippen LogP contribution in [0, 0.1) is 23.7 Å². The first-order valence-electron chi connectivity index (χ1n) is 10.7. The molecule has 1 aliphatic carbocycles. The molecule has 0 saturated heterocycles. The molecule has 0 N–H and O–H groups in total. The molecule has 0 nitrogen and oxygen atoms in total. The van der Waals surface area contributed by atoms with E-state index in [1.807, 2.05) is 60.7 Å². The first kappa shape index (κ1) is 18.3. The fourth-order valence-electron chi connectivity index (χ4n) is 4.46. The Kier molecular flexibility index (Phi) is 4.35. The highest BCUT2D eigenvalue weighted by Gasteiger charge is 2.23. The lowest BCUT2D eigenvalue weighted by Gasteiger charge is -2.05. The second-order valence-corrected chi connectivity index (χ2v) is 7.85. The van der Waals surface area contributed by atoms with Crippen molar-refractivity contribution in [1.29, 1.82) is 0 Å². The van der Waals surface area contributed by atoms with Crippen molar-refractivity contribution in [3.63, 3.8) is 0 Å². The van der Waals surface area contributed by atoms with Crippen LogP contribution in [0.3, 0.4) is 0 Å². The fourth-order valence-corrected chi connectivity index (χ4v) is 4.46. The Bertz CT molecular complexity index is 1520. The molecule has 5 aromatic rings. The summed E-state index contributed by atoms with van der Waals surface area (Å²) in [7, 11) is 0. The van der Waals surface area contributed by atoms with E-state index in [-0.39, 0.29) is 0 Å². The van der Waals surface area contributed by atoms with Gasteiger partial charge in [0, 0.05) is 16.7 Å². The minimum Gasteiger partial charge on any atom is -0.0622 e. The largest absolute Gasteiger partial charge is 0.0836 e. The molecule has 146 valence electrons. The third kappa shape index (κ3) is 3.07. The van der Waals surface area contributed by atoms with Crippen LogP contribution in [0.2, 0.25) is 0 Å². The minimum absolute atomic E-state index is 0.855. The maximum absolute atomic E-state index is 3.42. The maximum Gasteiger partial charge on any atom is 0.0836 e. The number of allylic oxidation sites excluding steroid dienone is 1. The highest BCUT2D eigenvalue weighted by Crippen LogP contribution is 2.45. The average Bonchev–Trinajstić information content (AvgIpc) is 3.20. The van der Waals surface area contributed by atoms with Crippen molar-refractivity contribution in [3.8, 4) is 23.7 Å². The summed E-state index contributed by atoms with van der Waals surface area (Å²) in [5.74, 6) is 13.5. The molecule has 0 atom stereocenters. The Morgan fingerprint density at radius 2 is 0.906 bits per heavy atom. The zero-order valence-corrected chi connectivity index (χ0v) is 17.4. The molecular formula is C32H18. The van der Waals surface area contributed by atoms with Crippen LogP contribution in [0.25, 0.3) is 27.1 Å². The Morgan fingerprint density at radius 3 is 1.38 bits per heavy atom. The molecule has 0 unspecified atom stereocenters. The van der Waals surface area contributed by atoms with Crippen LogP contribution >= 0.6 is 0 Å². The standard InChI is InChI=1S/C32H18/c1-3-9-23(10-4-1)17-19-27(20-18-24-11-5-2-6-12-24)30-28-15-7-13-25-21-22-26-14-8-16-29(30)32(26)31(25)28/h1-16,21-22H. The predicted molar refractivity (Wildman–Crippen MR) is 134 cm³/mol. The Balaban J connectivity index is 1.66.